The highest BCUT2D eigenvalue weighted by atomic mass is 19.4. The molecular weight excluding hydrogens is 465 g/mol. The fourth-order valence-electron chi connectivity index (χ4n) is 4.34. The number of aromatic carboxylic acids is 1. The zero-order valence-electron chi connectivity index (χ0n) is 19.0. The molecule has 36 heavy (non-hydrogen) atoms. The van der Waals surface area contributed by atoms with Gasteiger partial charge in [-0.1, -0.05) is 78.9 Å². The van der Waals surface area contributed by atoms with Gasteiger partial charge in [0.05, 0.1) is 23.4 Å². The molecule has 0 aliphatic rings. The third-order valence-corrected chi connectivity index (χ3v) is 6.09. The van der Waals surface area contributed by atoms with Gasteiger partial charge in [0.15, 0.2) is 0 Å². The number of benzene rings is 4. The Morgan fingerprint density at radius 1 is 0.778 bits per heavy atom. The quantitative estimate of drug-likeness (QED) is 0.280. The maximum Gasteiger partial charge on any atom is 0.418 e. The number of fused-ring (bicyclic) bond motifs is 1. The van der Waals surface area contributed by atoms with Crippen LogP contribution in [0.3, 0.4) is 0 Å². The van der Waals surface area contributed by atoms with Crippen molar-refractivity contribution in [1.82, 2.24) is 9.78 Å². The van der Waals surface area contributed by atoms with Crippen LogP contribution in [0.1, 0.15) is 32.6 Å². The summed E-state index contributed by atoms with van der Waals surface area (Å²) in [5.74, 6) is -0.973. The third kappa shape index (κ3) is 4.73. The summed E-state index contributed by atoms with van der Waals surface area (Å²) in [4.78, 5) is 11.1. The summed E-state index contributed by atoms with van der Waals surface area (Å²) >= 11 is 0. The average Bonchev–Trinajstić information content (AvgIpc) is 3.22. The molecule has 4 nitrogen and oxygen atoms in total. The standard InChI is InChI=1S/C29H21F3N2O2/c30-29(31,32)25-8-4-7-24-26(25)33-34(18-21-5-2-1-3-6-21)27(24)22-13-9-19(10-14-22)17-20-11-15-23(16-12-20)28(35)36/h1-16H,17-18H2,(H,35,36). The van der Waals surface area contributed by atoms with Crippen molar-refractivity contribution in [2.24, 2.45) is 0 Å². The summed E-state index contributed by atoms with van der Waals surface area (Å²) in [6.07, 6.45) is -3.91. The van der Waals surface area contributed by atoms with E-state index in [-0.39, 0.29) is 11.1 Å². The SMILES string of the molecule is O=C(O)c1ccc(Cc2ccc(-c3c4cccc(C(F)(F)F)c4nn3Cc3ccccc3)cc2)cc1. The first kappa shape index (κ1) is 23.4. The van der Waals surface area contributed by atoms with Crippen molar-refractivity contribution in [3.05, 3.63) is 125 Å². The molecule has 1 heterocycles. The number of carboxylic acids is 1. The van der Waals surface area contributed by atoms with E-state index in [1.165, 1.54) is 6.07 Å². The number of hydrogen-bond acceptors (Lipinski definition) is 2. The number of carboxylic acid groups (broad SMARTS) is 1. The molecule has 0 aliphatic carbocycles. The highest BCUT2D eigenvalue weighted by Crippen LogP contribution is 2.38. The minimum absolute atomic E-state index is 0.0708. The maximum atomic E-state index is 13.7. The fraction of sp³-hybridized carbons (Fsp3) is 0.103. The molecule has 7 heteroatoms. The maximum absolute atomic E-state index is 13.7. The molecular formula is C29H21F3N2O2. The van der Waals surface area contributed by atoms with Gasteiger partial charge in [-0.15, -0.1) is 0 Å². The van der Waals surface area contributed by atoms with E-state index < -0.39 is 17.7 Å². The van der Waals surface area contributed by atoms with Gasteiger partial charge in [0.25, 0.3) is 0 Å². The van der Waals surface area contributed by atoms with Gasteiger partial charge in [0.1, 0.15) is 5.52 Å². The number of hydrogen-bond donors (Lipinski definition) is 1. The lowest BCUT2D eigenvalue weighted by Crippen LogP contribution is -2.06. The van der Waals surface area contributed by atoms with E-state index in [1.807, 2.05) is 54.6 Å². The molecule has 0 radical (unpaired) electrons. The zero-order chi connectivity index (χ0) is 25.3. The molecule has 0 amide bonds. The smallest absolute Gasteiger partial charge is 0.418 e. The van der Waals surface area contributed by atoms with Crippen molar-refractivity contribution in [2.75, 3.05) is 0 Å². The van der Waals surface area contributed by atoms with Crippen molar-refractivity contribution in [2.45, 2.75) is 19.1 Å². The van der Waals surface area contributed by atoms with Crippen LogP contribution in [0.4, 0.5) is 13.2 Å². The number of nitrogens with zero attached hydrogens (tertiary/aromatic N) is 2. The molecule has 5 rings (SSSR count). The van der Waals surface area contributed by atoms with Crippen LogP contribution in [0.25, 0.3) is 22.2 Å². The summed E-state index contributed by atoms with van der Waals surface area (Å²) in [5, 5.41) is 13.9. The van der Waals surface area contributed by atoms with E-state index in [9.17, 15) is 18.0 Å². The summed E-state index contributed by atoms with van der Waals surface area (Å²) < 4.78 is 42.8. The predicted octanol–water partition coefficient (Wildman–Crippen LogP) is 7.06. The van der Waals surface area contributed by atoms with Crippen LogP contribution in [0.5, 0.6) is 0 Å². The number of halogens is 3. The Labute approximate surface area is 205 Å². The molecule has 0 spiro atoms. The normalized spacial score (nSPS) is 11.6. The predicted molar refractivity (Wildman–Crippen MR) is 132 cm³/mol. The number of alkyl halides is 3. The first-order valence-corrected chi connectivity index (χ1v) is 11.3. The molecule has 0 atom stereocenters. The van der Waals surface area contributed by atoms with Crippen molar-refractivity contribution in [3.8, 4) is 11.3 Å². The van der Waals surface area contributed by atoms with Gasteiger partial charge in [-0.2, -0.15) is 18.3 Å². The van der Waals surface area contributed by atoms with Gasteiger partial charge in [-0.25, -0.2) is 4.79 Å². The Balaban J connectivity index is 1.54. The second-order valence-corrected chi connectivity index (χ2v) is 8.57. The first-order chi connectivity index (χ1) is 17.3. The summed E-state index contributed by atoms with van der Waals surface area (Å²) in [7, 11) is 0. The monoisotopic (exact) mass is 486 g/mol. The van der Waals surface area contributed by atoms with Gasteiger partial charge in [0.2, 0.25) is 0 Å². The lowest BCUT2D eigenvalue weighted by Gasteiger charge is -2.10. The molecule has 5 aromatic rings. The van der Waals surface area contributed by atoms with E-state index in [1.54, 1.807) is 35.0 Å². The van der Waals surface area contributed by atoms with Gasteiger partial charge in [-0.3, -0.25) is 4.68 Å². The summed E-state index contributed by atoms with van der Waals surface area (Å²) in [5.41, 5.74) is 3.67. The second kappa shape index (κ2) is 9.34. The zero-order valence-corrected chi connectivity index (χ0v) is 19.0. The summed E-state index contributed by atoms with van der Waals surface area (Å²) in [6, 6.07) is 28.0. The van der Waals surface area contributed by atoms with E-state index in [0.717, 1.165) is 28.3 Å². The largest absolute Gasteiger partial charge is 0.478 e. The number of carbonyl (C=O) groups is 1. The van der Waals surface area contributed by atoms with Crippen LogP contribution in [0, 0.1) is 0 Å². The van der Waals surface area contributed by atoms with Gasteiger partial charge in [-0.05, 0) is 41.3 Å². The highest BCUT2D eigenvalue weighted by molar-refractivity contribution is 5.95. The van der Waals surface area contributed by atoms with Crippen molar-refractivity contribution in [1.29, 1.82) is 0 Å². The lowest BCUT2D eigenvalue weighted by molar-refractivity contribution is -0.136. The van der Waals surface area contributed by atoms with Gasteiger partial charge < -0.3 is 5.11 Å². The van der Waals surface area contributed by atoms with Crippen LogP contribution < -0.4 is 0 Å². The molecule has 1 aromatic heterocycles. The van der Waals surface area contributed by atoms with E-state index >= 15 is 0 Å². The van der Waals surface area contributed by atoms with Crippen LogP contribution in [0.2, 0.25) is 0 Å². The van der Waals surface area contributed by atoms with E-state index in [0.29, 0.717) is 24.0 Å². The fourth-order valence-corrected chi connectivity index (χ4v) is 4.34. The molecule has 0 bridgehead atoms. The molecule has 1 N–H and O–H groups in total. The number of aromatic nitrogens is 2. The topological polar surface area (TPSA) is 55.1 Å². The minimum atomic E-state index is -4.51. The Kier molecular flexibility index (Phi) is 6.06. The highest BCUT2D eigenvalue weighted by Gasteiger charge is 2.34. The average molecular weight is 486 g/mol. The van der Waals surface area contributed by atoms with Gasteiger partial charge >= 0.3 is 12.1 Å². The van der Waals surface area contributed by atoms with Crippen LogP contribution in [-0.4, -0.2) is 20.9 Å². The summed E-state index contributed by atoms with van der Waals surface area (Å²) in [6.45, 7) is 0.333. The molecule has 0 aliphatic heterocycles. The van der Waals surface area contributed by atoms with E-state index in [4.69, 9.17) is 5.11 Å². The second-order valence-electron chi connectivity index (χ2n) is 8.57. The van der Waals surface area contributed by atoms with Crippen LogP contribution >= 0.6 is 0 Å². The first-order valence-electron chi connectivity index (χ1n) is 11.3. The molecule has 180 valence electrons. The lowest BCUT2D eigenvalue weighted by atomic mass is 10.00. The molecule has 0 unspecified atom stereocenters. The van der Waals surface area contributed by atoms with Crippen LogP contribution in [0.15, 0.2) is 97.1 Å². The van der Waals surface area contributed by atoms with Crippen molar-refractivity contribution in [3.63, 3.8) is 0 Å². The number of rotatable bonds is 6. The third-order valence-electron chi connectivity index (χ3n) is 6.09. The molecule has 4 aromatic carbocycles. The molecule has 0 saturated carbocycles. The Hall–Kier alpha value is -4.39. The van der Waals surface area contributed by atoms with Crippen LogP contribution in [-0.2, 0) is 19.1 Å². The Morgan fingerprint density at radius 2 is 1.42 bits per heavy atom. The minimum Gasteiger partial charge on any atom is -0.478 e. The van der Waals surface area contributed by atoms with E-state index in [2.05, 4.69) is 5.10 Å². The van der Waals surface area contributed by atoms with Gasteiger partial charge in [0, 0.05) is 10.9 Å². The van der Waals surface area contributed by atoms with Crippen molar-refractivity contribution >= 4 is 16.9 Å². The Bertz CT molecular complexity index is 1520. The Morgan fingerprint density at radius 3 is 2.03 bits per heavy atom. The molecule has 0 fully saturated rings. The molecule has 0 saturated heterocycles. The van der Waals surface area contributed by atoms with Crippen molar-refractivity contribution < 1.29 is 23.1 Å².